The number of anilines is 1. The number of carbonyl (C=O) groups is 1. The predicted molar refractivity (Wildman–Crippen MR) is 90.9 cm³/mol. The summed E-state index contributed by atoms with van der Waals surface area (Å²) in [6.45, 7) is 1.91. The van der Waals surface area contributed by atoms with Gasteiger partial charge >= 0.3 is 0 Å². The number of nitrogens with zero attached hydrogens (tertiary/aromatic N) is 1. The van der Waals surface area contributed by atoms with Gasteiger partial charge in [-0.1, -0.05) is 47.5 Å². The lowest BCUT2D eigenvalue weighted by Gasteiger charge is -2.11. The molecule has 3 rings (SSSR count). The van der Waals surface area contributed by atoms with E-state index in [1.54, 1.807) is 18.2 Å². The monoisotopic (exact) mass is 330 g/mol. The van der Waals surface area contributed by atoms with Crippen LogP contribution in [-0.4, -0.2) is 10.9 Å². The van der Waals surface area contributed by atoms with Crippen LogP contribution in [-0.2, 0) is 0 Å². The Morgan fingerprint density at radius 1 is 1.09 bits per heavy atom. The molecule has 0 unspecified atom stereocenters. The zero-order chi connectivity index (χ0) is 15.7. The molecular weight excluding hydrogens is 319 g/mol. The van der Waals surface area contributed by atoms with Gasteiger partial charge in [0.15, 0.2) is 0 Å². The van der Waals surface area contributed by atoms with Crippen LogP contribution >= 0.6 is 23.2 Å². The van der Waals surface area contributed by atoms with Crippen LogP contribution in [0.25, 0.3) is 10.9 Å². The summed E-state index contributed by atoms with van der Waals surface area (Å²) in [4.78, 5) is 16.8. The number of amides is 1. The molecule has 1 N–H and O–H groups in total. The van der Waals surface area contributed by atoms with Crippen LogP contribution in [0.4, 0.5) is 5.69 Å². The van der Waals surface area contributed by atoms with Crippen LogP contribution in [0, 0.1) is 6.92 Å². The van der Waals surface area contributed by atoms with Crippen molar-refractivity contribution in [2.75, 3.05) is 5.32 Å². The van der Waals surface area contributed by atoms with Gasteiger partial charge in [0.05, 0.1) is 11.1 Å². The van der Waals surface area contributed by atoms with Crippen molar-refractivity contribution >= 4 is 45.7 Å². The Bertz CT molecular complexity index is 878. The van der Waals surface area contributed by atoms with E-state index in [0.717, 1.165) is 10.9 Å². The van der Waals surface area contributed by atoms with E-state index in [1.165, 1.54) is 0 Å². The molecule has 0 radical (unpaired) electrons. The largest absolute Gasteiger partial charge is 0.322 e. The molecule has 0 atom stereocenters. The van der Waals surface area contributed by atoms with Crippen molar-refractivity contribution in [2.45, 2.75) is 6.92 Å². The first-order chi connectivity index (χ1) is 10.5. The number of nitrogens with one attached hydrogen (secondary N) is 1. The molecular formula is C17H12Cl2N2O. The van der Waals surface area contributed by atoms with Gasteiger partial charge in [-0.3, -0.25) is 4.79 Å². The number of fused-ring (bicyclic) bond motifs is 1. The fourth-order valence-electron chi connectivity index (χ4n) is 2.25. The maximum Gasteiger partial charge on any atom is 0.256 e. The fourth-order valence-corrected chi connectivity index (χ4v) is 2.62. The smallest absolute Gasteiger partial charge is 0.256 e. The zero-order valence-electron chi connectivity index (χ0n) is 11.7. The maximum absolute atomic E-state index is 12.6. The summed E-state index contributed by atoms with van der Waals surface area (Å²) >= 11 is 12.0. The molecule has 0 spiro atoms. The molecule has 0 bridgehead atoms. The standard InChI is InChI=1S/C17H12Cl2N2O/c1-10-6-7-11(18)8-15(10)21-17(22)13-9-16(19)20-14-5-3-2-4-12(13)14/h2-9H,1H3,(H,21,22). The van der Waals surface area contributed by atoms with Gasteiger partial charge in [-0.15, -0.1) is 0 Å². The molecule has 22 heavy (non-hydrogen) atoms. The Balaban J connectivity index is 2.04. The number of para-hydroxylation sites is 1. The minimum atomic E-state index is -0.245. The van der Waals surface area contributed by atoms with Crippen LogP contribution in [0.2, 0.25) is 10.2 Å². The Kier molecular flexibility index (Phi) is 4.01. The van der Waals surface area contributed by atoms with Gasteiger partial charge < -0.3 is 5.32 Å². The maximum atomic E-state index is 12.6. The lowest BCUT2D eigenvalue weighted by Crippen LogP contribution is -2.13. The summed E-state index contributed by atoms with van der Waals surface area (Å²) in [6, 6.07) is 14.3. The topological polar surface area (TPSA) is 42.0 Å². The molecule has 0 aliphatic carbocycles. The van der Waals surface area contributed by atoms with E-state index in [9.17, 15) is 4.79 Å². The summed E-state index contributed by atoms with van der Waals surface area (Å²) in [7, 11) is 0. The minimum absolute atomic E-state index is 0.245. The van der Waals surface area contributed by atoms with Gasteiger partial charge in [-0.2, -0.15) is 0 Å². The van der Waals surface area contributed by atoms with Gasteiger partial charge in [0.1, 0.15) is 5.15 Å². The second-order valence-electron chi connectivity index (χ2n) is 4.92. The molecule has 1 amide bonds. The quantitative estimate of drug-likeness (QED) is 0.664. The highest BCUT2D eigenvalue weighted by atomic mass is 35.5. The SMILES string of the molecule is Cc1ccc(Cl)cc1NC(=O)c1cc(Cl)nc2ccccc12. The molecule has 0 aliphatic rings. The highest BCUT2D eigenvalue weighted by Crippen LogP contribution is 2.24. The fraction of sp³-hybridized carbons (Fsp3) is 0.0588. The van der Waals surface area contributed by atoms with E-state index in [0.29, 0.717) is 21.8 Å². The third-order valence-electron chi connectivity index (χ3n) is 3.38. The van der Waals surface area contributed by atoms with Gasteiger partial charge in [0.2, 0.25) is 0 Å². The number of aromatic nitrogens is 1. The Hall–Kier alpha value is -2.10. The second-order valence-corrected chi connectivity index (χ2v) is 5.75. The van der Waals surface area contributed by atoms with Crippen molar-refractivity contribution in [3.63, 3.8) is 0 Å². The predicted octanol–water partition coefficient (Wildman–Crippen LogP) is 5.10. The van der Waals surface area contributed by atoms with Crippen molar-refractivity contribution in [2.24, 2.45) is 0 Å². The van der Waals surface area contributed by atoms with Gasteiger partial charge in [0, 0.05) is 16.1 Å². The summed E-state index contributed by atoms with van der Waals surface area (Å²) < 4.78 is 0. The van der Waals surface area contributed by atoms with Crippen LogP contribution in [0.15, 0.2) is 48.5 Å². The molecule has 0 saturated heterocycles. The third kappa shape index (κ3) is 2.91. The second kappa shape index (κ2) is 5.95. The highest BCUT2D eigenvalue weighted by Gasteiger charge is 2.13. The molecule has 5 heteroatoms. The molecule has 0 fully saturated rings. The molecule has 0 aliphatic heterocycles. The van der Waals surface area contributed by atoms with Crippen molar-refractivity contribution in [1.29, 1.82) is 0 Å². The Morgan fingerprint density at radius 3 is 2.68 bits per heavy atom. The van der Waals surface area contributed by atoms with Gasteiger partial charge in [-0.25, -0.2) is 4.98 Å². The zero-order valence-corrected chi connectivity index (χ0v) is 13.2. The van der Waals surface area contributed by atoms with Crippen LogP contribution in [0.3, 0.4) is 0 Å². The summed E-state index contributed by atoms with van der Waals surface area (Å²) in [5.41, 5.74) is 2.77. The average molecular weight is 331 g/mol. The molecule has 3 nitrogen and oxygen atoms in total. The van der Waals surface area contributed by atoms with Crippen molar-refractivity contribution in [3.8, 4) is 0 Å². The number of hydrogen-bond donors (Lipinski definition) is 1. The Labute approximate surface area is 137 Å². The van der Waals surface area contributed by atoms with Crippen molar-refractivity contribution in [1.82, 2.24) is 4.98 Å². The molecule has 1 heterocycles. The molecule has 1 aromatic heterocycles. The number of carbonyl (C=O) groups excluding carboxylic acids is 1. The number of aryl methyl sites for hydroxylation is 1. The summed E-state index contributed by atoms with van der Waals surface area (Å²) in [5.74, 6) is -0.245. The van der Waals surface area contributed by atoms with Crippen molar-refractivity contribution in [3.05, 3.63) is 69.8 Å². The van der Waals surface area contributed by atoms with E-state index >= 15 is 0 Å². The number of halogens is 2. The van der Waals surface area contributed by atoms with Gasteiger partial charge in [-0.05, 0) is 36.8 Å². The average Bonchev–Trinajstić information content (AvgIpc) is 2.50. The number of benzene rings is 2. The summed E-state index contributed by atoms with van der Waals surface area (Å²) in [6.07, 6.45) is 0. The molecule has 2 aromatic carbocycles. The number of rotatable bonds is 2. The van der Waals surface area contributed by atoms with E-state index in [1.807, 2.05) is 37.3 Å². The van der Waals surface area contributed by atoms with E-state index in [-0.39, 0.29) is 11.1 Å². The van der Waals surface area contributed by atoms with Gasteiger partial charge in [0.25, 0.3) is 5.91 Å². The molecule has 110 valence electrons. The van der Waals surface area contributed by atoms with Crippen LogP contribution < -0.4 is 5.32 Å². The lowest BCUT2D eigenvalue weighted by molar-refractivity contribution is 0.102. The summed E-state index contributed by atoms with van der Waals surface area (Å²) in [5, 5.41) is 4.48. The number of pyridine rings is 1. The lowest BCUT2D eigenvalue weighted by atomic mass is 10.1. The van der Waals surface area contributed by atoms with Crippen LogP contribution in [0.1, 0.15) is 15.9 Å². The van der Waals surface area contributed by atoms with E-state index < -0.39 is 0 Å². The minimum Gasteiger partial charge on any atom is -0.322 e. The first kappa shape index (κ1) is 14.8. The Morgan fingerprint density at radius 2 is 1.86 bits per heavy atom. The first-order valence-electron chi connectivity index (χ1n) is 6.67. The highest BCUT2D eigenvalue weighted by molar-refractivity contribution is 6.31. The van der Waals surface area contributed by atoms with E-state index in [2.05, 4.69) is 10.3 Å². The number of hydrogen-bond acceptors (Lipinski definition) is 2. The van der Waals surface area contributed by atoms with Crippen molar-refractivity contribution < 1.29 is 4.79 Å². The normalized spacial score (nSPS) is 10.7. The molecule has 0 saturated carbocycles. The third-order valence-corrected chi connectivity index (χ3v) is 3.81. The molecule has 3 aromatic rings. The first-order valence-corrected chi connectivity index (χ1v) is 7.43. The van der Waals surface area contributed by atoms with Crippen LogP contribution in [0.5, 0.6) is 0 Å². The van der Waals surface area contributed by atoms with E-state index in [4.69, 9.17) is 23.2 Å².